The van der Waals surface area contributed by atoms with Gasteiger partial charge in [0.2, 0.25) is 0 Å². The average molecular weight is 214 g/mol. The molecule has 0 radical (unpaired) electrons. The number of carbonyl (C=O) groups is 1. The maximum atomic E-state index is 11.6. The molecule has 1 rings (SSSR count). The molecule has 88 valence electrons. The summed E-state index contributed by atoms with van der Waals surface area (Å²) in [5.74, 6) is -0.109. The average Bonchev–Trinajstić information content (AvgIpc) is 2.58. The summed E-state index contributed by atoms with van der Waals surface area (Å²) >= 11 is 0. The van der Waals surface area contributed by atoms with Gasteiger partial charge in [-0.05, 0) is 19.3 Å². The molecule has 0 spiro atoms. The molecule has 1 fully saturated rings. The molecule has 0 aromatic carbocycles. The minimum Gasteiger partial charge on any atom is -0.465 e. The third-order valence-electron chi connectivity index (χ3n) is 2.77. The summed E-state index contributed by atoms with van der Waals surface area (Å²) < 4.78 is 5.12. The Kier molecular flexibility index (Phi) is 5.05. The lowest BCUT2D eigenvalue weighted by molar-refractivity contribution is -0.146. The maximum Gasteiger partial charge on any atom is 0.324 e. The molecule has 2 unspecified atom stereocenters. The van der Waals surface area contributed by atoms with E-state index in [1.165, 1.54) is 0 Å². The molecular formula is C11H22N2O2. The molecule has 0 bridgehead atoms. The molecule has 1 aliphatic heterocycles. The molecule has 0 saturated carbocycles. The number of nitrogens with zero attached hydrogens (tertiary/aromatic N) is 1. The fraction of sp³-hybridized carbons (Fsp3) is 0.909. The number of carbonyl (C=O) groups excluding carboxylic acids is 1. The fourth-order valence-corrected chi connectivity index (χ4v) is 1.93. The lowest BCUT2D eigenvalue weighted by atomic mass is 10.1. The van der Waals surface area contributed by atoms with Crippen LogP contribution in [0.2, 0.25) is 0 Å². The molecule has 0 aromatic rings. The summed E-state index contributed by atoms with van der Waals surface area (Å²) in [6.45, 7) is 4.69. The first kappa shape index (κ1) is 12.5. The topological polar surface area (TPSA) is 41.6 Å². The number of esters is 1. The van der Waals surface area contributed by atoms with E-state index in [4.69, 9.17) is 4.74 Å². The van der Waals surface area contributed by atoms with E-state index in [-0.39, 0.29) is 12.0 Å². The van der Waals surface area contributed by atoms with Crippen molar-refractivity contribution in [3.63, 3.8) is 0 Å². The first-order chi connectivity index (χ1) is 7.19. The molecule has 0 amide bonds. The van der Waals surface area contributed by atoms with Crippen molar-refractivity contribution in [1.82, 2.24) is 10.4 Å². The van der Waals surface area contributed by atoms with Gasteiger partial charge in [0.15, 0.2) is 0 Å². The van der Waals surface area contributed by atoms with Gasteiger partial charge in [0.1, 0.15) is 6.04 Å². The quantitative estimate of drug-likeness (QED) is 0.701. The highest BCUT2D eigenvalue weighted by Gasteiger charge is 2.33. The molecule has 0 aliphatic carbocycles. The van der Waals surface area contributed by atoms with Crippen LogP contribution in [0.25, 0.3) is 0 Å². The first-order valence-electron chi connectivity index (χ1n) is 5.84. The minimum absolute atomic E-state index is 0.109. The zero-order valence-corrected chi connectivity index (χ0v) is 9.95. The monoisotopic (exact) mass is 214 g/mol. The van der Waals surface area contributed by atoms with Crippen LogP contribution in [0.15, 0.2) is 0 Å². The van der Waals surface area contributed by atoms with Crippen LogP contribution < -0.4 is 5.43 Å². The van der Waals surface area contributed by atoms with Crippen LogP contribution in [0.3, 0.4) is 0 Å². The van der Waals surface area contributed by atoms with E-state index in [2.05, 4.69) is 12.3 Å². The fourth-order valence-electron chi connectivity index (χ4n) is 1.93. The van der Waals surface area contributed by atoms with Crippen molar-refractivity contribution in [3.8, 4) is 0 Å². The number of hydrazine groups is 1. The molecule has 2 atom stereocenters. The number of ether oxygens (including phenoxy) is 1. The van der Waals surface area contributed by atoms with Gasteiger partial charge in [0.25, 0.3) is 0 Å². The summed E-state index contributed by atoms with van der Waals surface area (Å²) in [4.78, 5) is 11.6. The van der Waals surface area contributed by atoms with Gasteiger partial charge in [0, 0.05) is 13.1 Å². The van der Waals surface area contributed by atoms with Crippen LogP contribution in [0.1, 0.15) is 39.5 Å². The van der Waals surface area contributed by atoms with Crippen molar-refractivity contribution in [2.75, 3.05) is 13.7 Å². The molecule has 4 heteroatoms. The molecule has 15 heavy (non-hydrogen) atoms. The van der Waals surface area contributed by atoms with Crippen molar-refractivity contribution in [1.29, 1.82) is 0 Å². The van der Waals surface area contributed by atoms with Crippen LogP contribution in [-0.2, 0) is 9.53 Å². The van der Waals surface area contributed by atoms with Crippen LogP contribution in [0.5, 0.6) is 0 Å². The number of nitrogens with one attached hydrogen (secondary N) is 1. The summed E-state index contributed by atoms with van der Waals surface area (Å²) in [5.41, 5.74) is 3.16. The second-order valence-electron chi connectivity index (χ2n) is 4.14. The Labute approximate surface area is 91.9 Å². The maximum absolute atomic E-state index is 11.6. The standard InChI is InChI=1S/C11H22N2O2/c1-4-6-9-8-10(12-13(9)3)11(14)15-7-5-2/h9-10,12H,4-8H2,1-3H3. The van der Waals surface area contributed by atoms with Crippen molar-refractivity contribution in [3.05, 3.63) is 0 Å². The predicted octanol–water partition coefficient (Wildman–Crippen LogP) is 1.32. The normalized spacial score (nSPS) is 26.9. The van der Waals surface area contributed by atoms with Crippen molar-refractivity contribution < 1.29 is 9.53 Å². The zero-order valence-electron chi connectivity index (χ0n) is 9.95. The van der Waals surface area contributed by atoms with Gasteiger partial charge >= 0.3 is 5.97 Å². The van der Waals surface area contributed by atoms with Gasteiger partial charge in [-0.2, -0.15) is 0 Å². The van der Waals surface area contributed by atoms with Crippen LogP contribution in [0.4, 0.5) is 0 Å². The minimum atomic E-state index is -0.141. The molecule has 1 N–H and O–H groups in total. The van der Waals surface area contributed by atoms with E-state index in [9.17, 15) is 4.79 Å². The van der Waals surface area contributed by atoms with Crippen LogP contribution >= 0.6 is 0 Å². The highest BCUT2D eigenvalue weighted by Crippen LogP contribution is 2.18. The van der Waals surface area contributed by atoms with Gasteiger partial charge in [-0.3, -0.25) is 4.79 Å². The molecule has 0 aromatic heterocycles. The summed E-state index contributed by atoms with van der Waals surface area (Å²) in [6.07, 6.45) is 4.02. The second-order valence-corrected chi connectivity index (χ2v) is 4.14. The summed E-state index contributed by atoms with van der Waals surface area (Å²) in [6, 6.07) is 0.326. The molecular weight excluding hydrogens is 192 g/mol. The Morgan fingerprint density at radius 3 is 2.80 bits per heavy atom. The van der Waals surface area contributed by atoms with Gasteiger partial charge in [0.05, 0.1) is 6.61 Å². The van der Waals surface area contributed by atoms with E-state index >= 15 is 0 Å². The van der Waals surface area contributed by atoms with Gasteiger partial charge in [-0.15, -0.1) is 0 Å². The van der Waals surface area contributed by atoms with Gasteiger partial charge in [-0.1, -0.05) is 20.3 Å². The highest BCUT2D eigenvalue weighted by atomic mass is 16.5. The third kappa shape index (κ3) is 3.47. The lowest BCUT2D eigenvalue weighted by Gasteiger charge is -2.17. The Hall–Kier alpha value is -0.610. The van der Waals surface area contributed by atoms with Crippen molar-refractivity contribution >= 4 is 5.97 Å². The number of hydrogen-bond donors (Lipinski definition) is 1. The smallest absolute Gasteiger partial charge is 0.324 e. The van der Waals surface area contributed by atoms with E-state index in [1.807, 2.05) is 19.0 Å². The first-order valence-corrected chi connectivity index (χ1v) is 5.84. The largest absolute Gasteiger partial charge is 0.465 e. The molecule has 1 saturated heterocycles. The Bertz CT molecular complexity index is 209. The molecule has 1 heterocycles. The van der Waals surface area contributed by atoms with E-state index in [0.29, 0.717) is 12.6 Å². The van der Waals surface area contributed by atoms with E-state index in [1.54, 1.807) is 0 Å². The van der Waals surface area contributed by atoms with Gasteiger partial charge in [-0.25, -0.2) is 10.4 Å². The third-order valence-corrected chi connectivity index (χ3v) is 2.77. The lowest BCUT2D eigenvalue weighted by Crippen LogP contribution is -2.39. The van der Waals surface area contributed by atoms with Crippen molar-refractivity contribution in [2.45, 2.75) is 51.6 Å². The van der Waals surface area contributed by atoms with Crippen molar-refractivity contribution in [2.24, 2.45) is 0 Å². The highest BCUT2D eigenvalue weighted by molar-refractivity contribution is 5.76. The molecule has 4 nitrogen and oxygen atoms in total. The second kappa shape index (κ2) is 6.08. The van der Waals surface area contributed by atoms with Crippen LogP contribution in [0, 0.1) is 0 Å². The van der Waals surface area contributed by atoms with Gasteiger partial charge < -0.3 is 4.74 Å². The number of hydrogen-bond acceptors (Lipinski definition) is 4. The zero-order chi connectivity index (χ0) is 11.3. The predicted molar refractivity (Wildman–Crippen MR) is 59.2 cm³/mol. The SMILES string of the molecule is CCCOC(=O)C1CC(CCC)N(C)N1. The van der Waals surface area contributed by atoms with E-state index in [0.717, 1.165) is 25.7 Å². The Morgan fingerprint density at radius 1 is 1.47 bits per heavy atom. The summed E-state index contributed by atoms with van der Waals surface area (Å²) in [7, 11) is 1.99. The Morgan fingerprint density at radius 2 is 2.20 bits per heavy atom. The molecule has 1 aliphatic rings. The van der Waals surface area contributed by atoms with Crippen LogP contribution in [-0.4, -0.2) is 36.7 Å². The number of rotatable bonds is 5. The summed E-state index contributed by atoms with van der Waals surface area (Å²) in [5, 5.41) is 2.04. The Balaban J connectivity index is 2.36. The van der Waals surface area contributed by atoms with E-state index < -0.39 is 0 Å².